The van der Waals surface area contributed by atoms with Crippen LogP contribution in [0.1, 0.15) is 5.56 Å². The number of amides is 1. The highest BCUT2D eigenvalue weighted by atomic mass is 19.1. The average molecular weight is 357 g/mol. The summed E-state index contributed by atoms with van der Waals surface area (Å²) in [4.78, 5) is 23.5. The van der Waals surface area contributed by atoms with Gasteiger partial charge in [0.2, 0.25) is 0 Å². The highest BCUT2D eigenvalue weighted by Gasteiger charge is 2.13. The standard InChI is InChI=1S/C19H16FNO5/c20-14-4-1-13(2-5-14)3-8-19(23)26-12-18(22)21-15-6-7-16-17(11-15)25-10-9-24-16/h1-8,11H,9-10,12H2,(H,21,22). The zero-order valence-corrected chi connectivity index (χ0v) is 13.7. The Hall–Kier alpha value is -3.35. The molecule has 0 bridgehead atoms. The zero-order chi connectivity index (χ0) is 18.4. The maximum atomic E-state index is 12.8. The third kappa shape index (κ3) is 4.83. The first-order valence-electron chi connectivity index (χ1n) is 7.90. The first-order valence-corrected chi connectivity index (χ1v) is 7.90. The van der Waals surface area contributed by atoms with Gasteiger partial charge in [0.15, 0.2) is 18.1 Å². The van der Waals surface area contributed by atoms with Gasteiger partial charge in [0, 0.05) is 17.8 Å². The number of carbonyl (C=O) groups excluding carboxylic acids is 2. The van der Waals surface area contributed by atoms with E-state index in [-0.39, 0.29) is 5.82 Å². The van der Waals surface area contributed by atoms with E-state index in [0.29, 0.717) is 36.0 Å². The minimum absolute atomic E-state index is 0.361. The fraction of sp³-hybridized carbons (Fsp3) is 0.158. The first kappa shape index (κ1) is 17.5. The summed E-state index contributed by atoms with van der Waals surface area (Å²) in [6, 6.07) is 10.6. The Morgan fingerprint density at radius 3 is 2.58 bits per heavy atom. The van der Waals surface area contributed by atoms with Gasteiger partial charge in [0.25, 0.3) is 5.91 Å². The first-order chi connectivity index (χ1) is 12.6. The number of halogens is 1. The van der Waals surface area contributed by atoms with Crippen LogP contribution in [0.2, 0.25) is 0 Å². The van der Waals surface area contributed by atoms with Crippen LogP contribution in [0.3, 0.4) is 0 Å². The van der Waals surface area contributed by atoms with Crippen LogP contribution in [0.15, 0.2) is 48.5 Å². The predicted molar refractivity (Wildman–Crippen MR) is 92.5 cm³/mol. The second-order valence-electron chi connectivity index (χ2n) is 5.40. The van der Waals surface area contributed by atoms with Crippen molar-refractivity contribution in [2.75, 3.05) is 25.1 Å². The molecule has 134 valence electrons. The largest absolute Gasteiger partial charge is 0.486 e. The fourth-order valence-corrected chi connectivity index (χ4v) is 2.24. The van der Waals surface area contributed by atoms with Crippen molar-refractivity contribution in [2.24, 2.45) is 0 Å². The van der Waals surface area contributed by atoms with E-state index in [4.69, 9.17) is 14.2 Å². The molecule has 6 nitrogen and oxygen atoms in total. The van der Waals surface area contributed by atoms with Gasteiger partial charge in [0.1, 0.15) is 19.0 Å². The molecule has 0 saturated heterocycles. The lowest BCUT2D eigenvalue weighted by molar-refractivity contribution is -0.142. The van der Waals surface area contributed by atoms with E-state index < -0.39 is 18.5 Å². The molecular formula is C19H16FNO5. The average Bonchev–Trinajstić information content (AvgIpc) is 2.66. The van der Waals surface area contributed by atoms with Crippen molar-refractivity contribution in [3.8, 4) is 11.5 Å². The molecule has 0 unspecified atom stereocenters. The maximum Gasteiger partial charge on any atom is 0.331 e. The predicted octanol–water partition coefficient (Wildman–Crippen LogP) is 2.79. The summed E-state index contributed by atoms with van der Waals surface area (Å²) in [5.74, 6) is -0.350. The monoisotopic (exact) mass is 357 g/mol. The Morgan fingerprint density at radius 2 is 1.81 bits per heavy atom. The molecule has 0 aliphatic carbocycles. The summed E-state index contributed by atoms with van der Waals surface area (Å²) < 4.78 is 28.5. The molecule has 7 heteroatoms. The van der Waals surface area contributed by atoms with E-state index in [1.807, 2.05) is 0 Å². The minimum Gasteiger partial charge on any atom is -0.486 e. The van der Waals surface area contributed by atoms with Gasteiger partial charge in [-0.25, -0.2) is 9.18 Å². The molecule has 0 spiro atoms. The van der Waals surface area contributed by atoms with E-state index in [1.54, 1.807) is 18.2 Å². The van der Waals surface area contributed by atoms with E-state index in [1.165, 1.54) is 36.4 Å². The summed E-state index contributed by atoms with van der Waals surface area (Å²) >= 11 is 0. The summed E-state index contributed by atoms with van der Waals surface area (Å²) in [5.41, 5.74) is 1.15. The van der Waals surface area contributed by atoms with Crippen LogP contribution >= 0.6 is 0 Å². The maximum absolute atomic E-state index is 12.8. The van der Waals surface area contributed by atoms with Crippen LogP contribution in [0.4, 0.5) is 10.1 Å². The summed E-state index contributed by atoms with van der Waals surface area (Å²) in [6.07, 6.45) is 2.64. The van der Waals surface area contributed by atoms with Crippen molar-refractivity contribution in [3.63, 3.8) is 0 Å². The van der Waals surface area contributed by atoms with Gasteiger partial charge in [-0.1, -0.05) is 12.1 Å². The smallest absolute Gasteiger partial charge is 0.331 e. The normalized spacial score (nSPS) is 12.7. The summed E-state index contributed by atoms with van der Waals surface area (Å²) in [6.45, 7) is 0.504. The van der Waals surface area contributed by atoms with Crippen molar-refractivity contribution < 1.29 is 28.2 Å². The molecule has 1 heterocycles. The van der Waals surface area contributed by atoms with Gasteiger partial charge in [-0.2, -0.15) is 0 Å². The second-order valence-corrected chi connectivity index (χ2v) is 5.40. The number of anilines is 1. The number of rotatable bonds is 5. The van der Waals surface area contributed by atoms with E-state index in [9.17, 15) is 14.0 Å². The van der Waals surface area contributed by atoms with Crippen molar-refractivity contribution in [1.82, 2.24) is 0 Å². The fourth-order valence-electron chi connectivity index (χ4n) is 2.24. The van der Waals surface area contributed by atoms with Crippen molar-refractivity contribution in [1.29, 1.82) is 0 Å². The molecule has 0 fully saturated rings. The molecule has 1 aliphatic heterocycles. The number of hydrogen-bond acceptors (Lipinski definition) is 5. The number of benzene rings is 2. The number of fused-ring (bicyclic) bond motifs is 1. The minimum atomic E-state index is -0.674. The van der Waals surface area contributed by atoms with Gasteiger partial charge in [-0.3, -0.25) is 4.79 Å². The highest BCUT2D eigenvalue weighted by molar-refractivity contribution is 5.94. The third-order valence-electron chi connectivity index (χ3n) is 3.45. The lowest BCUT2D eigenvalue weighted by Gasteiger charge is -2.18. The Kier molecular flexibility index (Phi) is 5.48. The molecule has 3 rings (SSSR count). The Morgan fingerprint density at radius 1 is 1.08 bits per heavy atom. The van der Waals surface area contributed by atoms with Crippen LogP contribution < -0.4 is 14.8 Å². The molecule has 2 aromatic rings. The van der Waals surface area contributed by atoms with E-state index >= 15 is 0 Å². The SMILES string of the molecule is O=C(COC(=O)C=Cc1ccc(F)cc1)Nc1ccc2c(c1)OCCO2. The van der Waals surface area contributed by atoms with Gasteiger partial charge in [0.05, 0.1) is 0 Å². The van der Waals surface area contributed by atoms with Crippen LogP contribution in [0, 0.1) is 5.82 Å². The Balaban J connectivity index is 1.47. The van der Waals surface area contributed by atoms with Gasteiger partial charge < -0.3 is 19.5 Å². The van der Waals surface area contributed by atoms with Crippen molar-refractivity contribution >= 4 is 23.6 Å². The molecular weight excluding hydrogens is 341 g/mol. The molecule has 0 aromatic heterocycles. The van der Waals surface area contributed by atoms with Crippen LogP contribution in [-0.2, 0) is 14.3 Å². The van der Waals surface area contributed by atoms with Crippen molar-refractivity contribution in [3.05, 3.63) is 59.9 Å². The number of esters is 1. The second kappa shape index (κ2) is 8.15. The number of carbonyl (C=O) groups is 2. The molecule has 0 radical (unpaired) electrons. The molecule has 1 amide bonds. The lowest BCUT2D eigenvalue weighted by atomic mass is 10.2. The van der Waals surface area contributed by atoms with Gasteiger partial charge >= 0.3 is 5.97 Å². The van der Waals surface area contributed by atoms with Crippen LogP contribution in [0.5, 0.6) is 11.5 Å². The quantitative estimate of drug-likeness (QED) is 0.658. The molecule has 0 saturated carbocycles. The summed E-state index contributed by atoms with van der Waals surface area (Å²) in [7, 11) is 0. The van der Waals surface area contributed by atoms with Crippen molar-refractivity contribution in [2.45, 2.75) is 0 Å². The molecule has 26 heavy (non-hydrogen) atoms. The molecule has 2 aromatic carbocycles. The van der Waals surface area contributed by atoms with Crippen LogP contribution in [0.25, 0.3) is 6.08 Å². The van der Waals surface area contributed by atoms with E-state index in [0.717, 1.165) is 0 Å². The Bertz CT molecular complexity index is 832. The molecule has 0 atom stereocenters. The van der Waals surface area contributed by atoms with E-state index in [2.05, 4.69) is 5.32 Å². The number of hydrogen-bond donors (Lipinski definition) is 1. The van der Waals surface area contributed by atoms with Gasteiger partial charge in [-0.05, 0) is 35.9 Å². The van der Waals surface area contributed by atoms with Gasteiger partial charge in [-0.15, -0.1) is 0 Å². The highest BCUT2D eigenvalue weighted by Crippen LogP contribution is 2.32. The lowest BCUT2D eigenvalue weighted by Crippen LogP contribution is -2.20. The third-order valence-corrected chi connectivity index (χ3v) is 3.45. The summed E-state index contributed by atoms with van der Waals surface area (Å²) in [5, 5.41) is 2.61. The zero-order valence-electron chi connectivity index (χ0n) is 13.7. The Labute approximate surface area is 149 Å². The number of nitrogens with one attached hydrogen (secondary N) is 1. The topological polar surface area (TPSA) is 73.9 Å². The number of ether oxygens (including phenoxy) is 3. The molecule has 1 aliphatic rings. The van der Waals surface area contributed by atoms with Crippen LogP contribution in [-0.4, -0.2) is 31.7 Å². The molecule has 1 N–H and O–H groups in total.